The third-order valence-corrected chi connectivity index (χ3v) is 5.03. The number of benzene rings is 1. The molecule has 1 saturated carbocycles. The smallest absolute Gasteiger partial charge is 0.119 e. The summed E-state index contributed by atoms with van der Waals surface area (Å²) < 4.78 is 5.33. The van der Waals surface area contributed by atoms with Crippen molar-refractivity contribution in [1.29, 1.82) is 0 Å². The van der Waals surface area contributed by atoms with E-state index in [0.29, 0.717) is 0 Å². The average Bonchev–Trinajstić information content (AvgIpc) is 2.48. The Labute approximate surface area is 129 Å². The van der Waals surface area contributed by atoms with E-state index in [0.717, 1.165) is 18.8 Å². The Morgan fingerprint density at radius 3 is 2.43 bits per heavy atom. The minimum atomic E-state index is 0.170. The highest BCUT2D eigenvalue weighted by molar-refractivity contribution is 5.28. The van der Waals surface area contributed by atoms with Crippen LogP contribution in [0.2, 0.25) is 0 Å². The predicted molar refractivity (Wildman–Crippen MR) is 88.6 cm³/mol. The summed E-state index contributed by atoms with van der Waals surface area (Å²) in [6.45, 7) is 1.70. The molecule has 3 heteroatoms. The number of nitrogens with two attached hydrogens (primary N) is 1. The lowest BCUT2D eigenvalue weighted by Gasteiger charge is -2.43. The Morgan fingerprint density at radius 2 is 1.81 bits per heavy atom. The Bertz CT molecular complexity index is 425. The number of hydrogen-bond acceptors (Lipinski definition) is 3. The third kappa shape index (κ3) is 4.21. The van der Waals surface area contributed by atoms with Gasteiger partial charge in [0.25, 0.3) is 0 Å². The van der Waals surface area contributed by atoms with Crippen molar-refractivity contribution in [3.63, 3.8) is 0 Å². The van der Waals surface area contributed by atoms with Gasteiger partial charge in [-0.25, -0.2) is 0 Å². The molecule has 118 valence electrons. The van der Waals surface area contributed by atoms with Gasteiger partial charge >= 0.3 is 0 Å². The van der Waals surface area contributed by atoms with Gasteiger partial charge < -0.3 is 10.5 Å². The van der Waals surface area contributed by atoms with Crippen LogP contribution in [-0.2, 0) is 6.54 Å². The first-order valence-electron chi connectivity index (χ1n) is 8.24. The van der Waals surface area contributed by atoms with Crippen molar-refractivity contribution in [3.05, 3.63) is 29.8 Å². The van der Waals surface area contributed by atoms with Crippen molar-refractivity contribution in [1.82, 2.24) is 4.90 Å². The van der Waals surface area contributed by atoms with Crippen LogP contribution in [0.1, 0.15) is 50.5 Å². The van der Waals surface area contributed by atoms with E-state index in [1.54, 1.807) is 7.11 Å². The van der Waals surface area contributed by atoms with Gasteiger partial charge in [0.2, 0.25) is 0 Å². The topological polar surface area (TPSA) is 38.5 Å². The van der Waals surface area contributed by atoms with Gasteiger partial charge in [0.05, 0.1) is 7.11 Å². The molecule has 2 N–H and O–H groups in total. The van der Waals surface area contributed by atoms with Crippen LogP contribution in [0.25, 0.3) is 0 Å². The van der Waals surface area contributed by atoms with Crippen LogP contribution in [0.4, 0.5) is 0 Å². The number of hydrogen-bond donors (Lipinski definition) is 1. The molecular formula is C18H30N2O. The molecular weight excluding hydrogens is 260 g/mol. The number of likely N-dealkylation sites (N-methyl/N-ethyl adjacent to an activating group) is 1. The van der Waals surface area contributed by atoms with Crippen LogP contribution in [0, 0.1) is 0 Å². The van der Waals surface area contributed by atoms with E-state index < -0.39 is 0 Å². The molecule has 21 heavy (non-hydrogen) atoms. The Balaban J connectivity index is 2.08. The van der Waals surface area contributed by atoms with E-state index in [9.17, 15) is 0 Å². The average molecular weight is 290 g/mol. The first-order chi connectivity index (χ1) is 10.2. The van der Waals surface area contributed by atoms with Crippen molar-refractivity contribution >= 4 is 0 Å². The molecule has 0 aliphatic heterocycles. The molecule has 0 spiro atoms. The van der Waals surface area contributed by atoms with Gasteiger partial charge in [0.1, 0.15) is 5.75 Å². The second kappa shape index (κ2) is 7.81. The molecule has 1 aromatic rings. The van der Waals surface area contributed by atoms with Crippen molar-refractivity contribution in [2.24, 2.45) is 5.73 Å². The molecule has 0 unspecified atom stereocenters. The van der Waals surface area contributed by atoms with Crippen LogP contribution in [0.15, 0.2) is 24.3 Å². The van der Waals surface area contributed by atoms with E-state index in [-0.39, 0.29) is 5.54 Å². The summed E-state index contributed by atoms with van der Waals surface area (Å²) in [6, 6.07) is 8.36. The maximum absolute atomic E-state index is 6.20. The zero-order valence-electron chi connectivity index (χ0n) is 13.6. The summed E-state index contributed by atoms with van der Waals surface area (Å²) in [6.07, 6.45) is 9.16. The largest absolute Gasteiger partial charge is 0.497 e. The molecule has 0 amide bonds. The Hall–Kier alpha value is -1.06. The zero-order valence-corrected chi connectivity index (χ0v) is 13.6. The molecule has 0 aromatic heterocycles. The first-order valence-corrected chi connectivity index (χ1v) is 8.24. The van der Waals surface area contributed by atoms with Crippen LogP contribution in [0.3, 0.4) is 0 Å². The normalized spacial score (nSPS) is 19.0. The van der Waals surface area contributed by atoms with Gasteiger partial charge in [-0.05, 0) is 37.6 Å². The fraction of sp³-hybridized carbons (Fsp3) is 0.667. The lowest BCUT2D eigenvalue weighted by molar-refractivity contribution is 0.0865. The first kappa shape index (κ1) is 16.3. The minimum Gasteiger partial charge on any atom is -0.497 e. The van der Waals surface area contributed by atoms with Crippen LogP contribution >= 0.6 is 0 Å². The Morgan fingerprint density at radius 1 is 1.14 bits per heavy atom. The van der Waals surface area contributed by atoms with Gasteiger partial charge in [0.15, 0.2) is 0 Å². The molecule has 0 saturated heterocycles. The monoisotopic (exact) mass is 290 g/mol. The van der Waals surface area contributed by atoms with Crippen molar-refractivity contribution in [2.75, 3.05) is 20.7 Å². The van der Waals surface area contributed by atoms with E-state index in [4.69, 9.17) is 10.5 Å². The zero-order chi connectivity index (χ0) is 15.1. The minimum absolute atomic E-state index is 0.170. The predicted octanol–water partition coefficient (Wildman–Crippen LogP) is 3.57. The number of rotatable bonds is 5. The second-order valence-corrected chi connectivity index (χ2v) is 6.40. The third-order valence-electron chi connectivity index (χ3n) is 5.03. The van der Waals surface area contributed by atoms with E-state index in [2.05, 4.69) is 30.1 Å². The number of nitrogens with zero attached hydrogens (tertiary/aromatic N) is 1. The summed E-state index contributed by atoms with van der Waals surface area (Å²) in [5.41, 5.74) is 7.67. The molecule has 0 bridgehead atoms. The summed E-state index contributed by atoms with van der Waals surface area (Å²) in [5.74, 6) is 0.931. The summed E-state index contributed by atoms with van der Waals surface area (Å²) >= 11 is 0. The van der Waals surface area contributed by atoms with Crippen molar-refractivity contribution in [2.45, 2.75) is 57.0 Å². The number of methoxy groups -OCH3 is 1. The summed E-state index contributed by atoms with van der Waals surface area (Å²) in [4.78, 5) is 2.48. The van der Waals surface area contributed by atoms with Crippen LogP contribution in [-0.4, -0.2) is 31.1 Å². The molecule has 2 rings (SSSR count). The summed E-state index contributed by atoms with van der Waals surface area (Å²) in [7, 11) is 3.95. The van der Waals surface area contributed by atoms with Gasteiger partial charge in [-0.3, -0.25) is 4.90 Å². The Kier molecular flexibility index (Phi) is 6.07. The lowest BCUT2D eigenvalue weighted by atomic mass is 9.82. The van der Waals surface area contributed by atoms with Gasteiger partial charge in [-0.1, -0.05) is 44.2 Å². The van der Waals surface area contributed by atoms with E-state index in [1.807, 2.05) is 6.07 Å². The fourth-order valence-corrected chi connectivity index (χ4v) is 3.52. The molecule has 0 heterocycles. The van der Waals surface area contributed by atoms with E-state index in [1.165, 1.54) is 50.5 Å². The lowest BCUT2D eigenvalue weighted by Crippen LogP contribution is -2.52. The molecule has 1 aliphatic carbocycles. The quantitative estimate of drug-likeness (QED) is 0.901. The van der Waals surface area contributed by atoms with Gasteiger partial charge in [0, 0.05) is 18.6 Å². The van der Waals surface area contributed by atoms with Crippen LogP contribution < -0.4 is 10.5 Å². The van der Waals surface area contributed by atoms with Crippen molar-refractivity contribution in [3.8, 4) is 5.75 Å². The highest BCUT2D eigenvalue weighted by atomic mass is 16.5. The van der Waals surface area contributed by atoms with E-state index >= 15 is 0 Å². The standard InChI is InChI=1S/C18H30N2O/c1-20(14-16-9-8-10-17(13-16)21-2)18(15-19)11-6-4-3-5-7-12-18/h8-10,13H,3-7,11-12,14-15,19H2,1-2H3. The highest BCUT2D eigenvalue weighted by Crippen LogP contribution is 2.31. The number of ether oxygens (including phenoxy) is 1. The SMILES string of the molecule is COc1cccc(CN(C)C2(CN)CCCCCCC2)c1. The molecule has 0 radical (unpaired) electrons. The highest BCUT2D eigenvalue weighted by Gasteiger charge is 2.32. The maximum atomic E-state index is 6.20. The maximum Gasteiger partial charge on any atom is 0.119 e. The van der Waals surface area contributed by atoms with Crippen molar-refractivity contribution < 1.29 is 4.74 Å². The molecule has 0 atom stereocenters. The molecule has 1 aliphatic rings. The second-order valence-electron chi connectivity index (χ2n) is 6.40. The molecule has 1 fully saturated rings. The molecule has 1 aromatic carbocycles. The van der Waals surface area contributed by atoms with Gasteiger partial charge in [-0.2, -0.15) is 0 Å². The molecule has 3 nitrogen and oxygen atoms in total. The van der Waals surface area contributed by atoms with Crippen LogP contribution in [0.5, 0.6) is 5.75 Å². The van der Waals surface area contributed by atoms with Gasteiger partial charge in [-0.15, -0.1) is 0 Å². The summed E-state index contributed by atoms with van der Waals surface area (Å²) in [5, 5.41) is 0. The fourth-order valence-electron chi connectivity index (χ4n) is 3.52.